The molecule has 0 fully saturated rings. The van der Waals surface area contributed by atoms with Crippen LogP contribution in [0.4, 0.5) is 0 Å². The number of esters is 1. The molecule has 3 N–H and O–H groups in total. The number of rotatable bonds is 4. The van der Waals surface area contributed by atoms with Crippen LogP contribution in [0.15, 0.2) is 11.3 Å². The fourth-order valence-corrected chi connectivity index (χ4v) is 0.678. The average molecular weight is 173 g/mol. The quantitative estimate of drug-likeness (QED) is 0.469. The maximum Gasteiger partial charge on any atom is 0.335 e. The van der Waals surface area contributed by atoms with Crippen LogP contribution in [0.3, 0.4) is 0 Å². The summed E-state index contributed by atoms with van der Waals surface area (Å²) in [6, 6.07) is 0. The van der Waals surface area contributed by atoms with E-state index in [1.54, 1.807) is 13.8 Å². The molecular formula is C8H15NO3. The van der Waals surface area contributed by atoms with Crippen molar-refractivity contribution in [1.29, 1.82) is 0 Å². The molecule has 12 heavy (non-hydrogen) atoms. The number of hydrogen-bond acceptors (Lipinski definition) is 4. The second-order valence-electron chi connectivity index (χ2n) is 2.34. The van der Waals surface area contributed by atoms with Crippen LogP contribution < -0.4 is 5.73 Å². The third-order valence-corrected chi connectivity index (χ3v) is 1.44. The van der Waals surface area contributed by atoms with E-state index < -0.39 is 5.97 Å². The molecule has 0 radical (unpaired) electrons. The summed E-state index contributed by atoms with van der Waals surface area (Å²) in [5, 5.41) is 8.53. The zero-order chi connectivity index (χ0) is 9.56. The zero-order valence-electron chi connectivity index (χ0n) is 7.46. The summed E-state index contributed by atoms with van der Waals surface area (Å²) in [4.78, 5) is 11.0. The van der Waals surface area contributed by atoms with Gasteiger partial charge in [-0.25, -0.2) is 4.79 Å². The molecule has 0 aliphatic carbocycles. The molecule has 0 spiro atoms. The van der Waals surface area contributed by atoms with Crippen LogP contribution in [0.2, 0.25) is 0 Å². The number of ether oxygens (including phenoxy) is 1. The van der Waals surface area contributed by atoms with Gasteiger partial charge < -0.3 is 15.6 Å². The standard InChI is InChI=1S/C8H15NO3/c1-3-12-8(11)6(2)7(9)4-5-10/h10H,3-5,9H2,1-2H3. The second-order valence-corrected chi connectivity index (χ2v) is 2.34. The highest BCUT2D eigenvalue weighted by atomic mass is 16.5. The van der Waals surface area contributed by atoms with Crippen molar-refractivity contribution in [3.8, 4) is 0 Å². The molecule has 0 aliphatic heterocycles. The lowest BCUT2D eigenvalue weighted by Crippen LogP contribution is -2.12. The largest absolute Gasteiger partial charge is 0.463 e. The van der Waals surface area contributed by atoms with Gasteiger partial charge in [0.25, 0.3) is 0 Å². The summed E-state index contributed by atoms with van der Waals surface area (Å²) in [7, 11) is 0. The average Bonchev–Trinajstić information content (AvgIpc) is 2.04. The second kappa shape index (κ2) is 5.60. The molecule has 0 saturated heterocycles. The molecule has 0 aromatic heterocycles. The first-order valence-electron chi connectivity index (χ1n) is 3.86. The van der Waals surface area contributed by atoms with Gasteiger partial charge in [-0.2, -0.15) is 0 Å². The number of hydrogen-bond donors (Lipinski definition) is 2. The van der Waals surface area contributed by atoms with Crippen LogP contribution in [0.5, 0.6) is 0 Å². The smallest absolute Gasteiger partial charge is 0.335 e. The van der Waals surface area contributed by atoms with Crippen molar-refractivity contribution in [2.75, 3.05) is 13.2 Å². The van der Waals surface area contributed by atoms with Crippen LogP contribution in [0, 0.1) is 0 Å². The Morgan fingerprint density at radius 1 is 1.58 bits per heavy atom. The molecule has 0 saturated carbocycles. The SMILES string of the molecule is CCOC(=O)C(C)=C(N)CCO. The predicted molar refractivity (Wildman–Crippen MR) is 45.2 cm³/mol. The lowest BCUT2D eigenvalue weighted by Gasteiger charge is -2.05. The zero-order valence-corrected chi connectivity index (χ0v) is 7.46. The van der Waals surface area contributed by atoms with Crippen LogP contribution in [-0.4, -0.2) is 24.3 Å². The van der Waals surface area contributed by atoms with E-state index in [1.807, 2.05) is 0 Å². The first kappa shape index (κ1) is 11.0. The minimum Gasteiger partial charge on any atom is -0.463 e. The van der Waals surface area contributed by atoms with Gasteiger partial charge in [0.2, 0.25) is 0 Å². The first-order chi connectivity index (χ1) is 5.63. The van der Waals surface area contributed by atoms with Crippen molar-refractivity contribution in [3.63, 3.8) is 0 Å². The van der Waals surface area contributed by atoms with E-state index in [2.05, 4.69) is 0 Å². The van der Waals surface area contributed by atoms with Crippen LogP contribution >= 0.6 is 0 Å². The monoisotopic (exact) mass is 173 g/mol. The van der Waals surface area contributed by atoms with Gasteiger partial charge in [-0.3, -0.25) is 0 Å². The number of aliphatic hydroxyl groups excluding tert-OH is 1. The molecule has 0 bridgehead atoms. The number of carbonyl (C=O) groups excluding carboxylic acids is 1. The van der Waals surface area contributed by atoms with Crippen molar-refractivity contribution < 1.29 is 14.6 Å². The highest BCUT2D eigenvalue weighted by Gasteiger charge is 2.08. The predicted octanol–water partition coefficient (Wildman–Crippen LogP) is 0.165. The third kappa shape index (κ3) is 3.39. The number of aliphatic hydroxyl groups is 1. The highest BCUT2D eigenvalue weighted by molar-refractivity contribution is 5.88. The lowest BCUT2D eigenvalue weighted by molar-refractivity contribution is -0.138. The Morgan fingerprint density at radius 2 is 2.17 bits per heavy atom. The Morgan fingerprint density at radius 3 is 2.58 bits per heavy atom. The fraction of sp³-hybridized carbons (Fsp3) is 0.625. The van der Waals surface area contributed by atoms with Crippen LogP contribution in [0.25, 0.3) is 0 Å². The van der Waals surface area contributed by atoms with E-state index in [-0.39, 0.29) is 6.61 Å². The van der Waals surface area contributed by atoms with E-state index >= 15 is 0 Å². The van der Waals surface area contributed by atoms with E-state index in [4.69, 9.17) is 15.6 Å². The molecule has 4 nitrogen and oxygen atoms in total. The maximum absolute atomic E-state index is 11.0. The molecule has 0 aromatic carbocycles. The molecule has 0 aromatic rings. The van der Waals surface area contributed by atoms with Gasteiger partial charge in [0.1, 0.15) is 0 Å². The molecule has 0 unspecified atom stereocenters. The Labute approximate surface area is 72.0 Å². The van der Waals surface area contributed by atoms with E-state index in [1.165, 1.54) is 0 Å². The highest BCUT2D eigenvalue weighted by Crippen LogP contribution is 2.03. The Bertz CT molecular complexity index is 187. The summed E-state index contributed by atoms with van der Waals surface area (Å²) in [6.07, 6.45) is 0.310. The molecule has 0 aliphatic rings. The normalized spacial score (nSPS) is 12.2. The number of carbonyl (C=O) groups is 1. The lowest BCUT2D eigenvalue weighted by atomic mass is 10.2. The van der Waals surface area contributed by atoms with Crippen molar-refractivity contribution in [2.24, 2.45) is 5.73 Å². The van der Waals surface area contributed by atoms with Crippen molar-refractivity contribution in [3.05, 3.63) is 11.3 Å². The molecule has 4 heteroatoms. The van der Waals surface area contributed by atoms with Crippen LogP contribution in [-0.2, 0) is 9.53 Å². The maximum atomic E-state index is 11.0. The molecule has 0 heterocycles. The Hall–Kier alpha value is -1.03. The van der Waals surface area contributed by atoms with E-state index in [0.717, 1.165) is 0 Å². The van der Waals surface area contributed by atoms with Gasteiger partial charge in [-0.1, -0.05) is 0 Å². The molecule has 0 rings (SSSR count). The molecule has 0 amide bonds. The minimum atomic E-state index is -0.413. The van der Waals surface area contributed by atoms with E-state index in [9.17, 15) is 4.79 Å². The van der Waals surface area contributed by atoms with Gasteiger partial charge in [0, 0.05) is 18.7 Å². The molecule has 70 valence electrons. The summed E-state index contributed by atoms with van der Waals surface area (Å²) in [5.41, 5.74) is 6.24. The van der Waals surface area contributed by atoms with Gasteiger partial charge in [-0.15, -0.1) is 0 Å². The Kier molecular flexibility index (Phi) is 5.12. The van der Waals surface area contributed by atoms with Crippen molar-refractivity contribution in [2.45, 2.75) is 20.3 Å². The van der Waals surface area contributed by atoms with Crippen molar-refractivity contribution >= 4 is 5.97 Å². The van der Waals surface area contributed by atoms with Crippen molar-refractivity contribution in [1.82, 2.24) is 0 Å². The Balaban J connectivity index is 4.22. The van der Waals surface area contributed by atoms with Gasteiger partial charge in [0.05, 0.1) is 12.2 Å². The van der Waals surface area contributed by atoms with E-state index in [0.29, 0.717) is 24.3 Å². The van der Waals surface area contributed by atoms with Gasteiger partial charge in [0.15, 0.2) is 0 Å². The summed E-state index contributed by atoms with van der Waals surface area (Å²) < 4.78 is 4.71. The van der Waals surface area contributed by atoms with Gasteiger partial charge in [-0.05, 0) is 13.8 Å². The molecular weight excluding hydrogens is 158 g/mol. The third-order valence-electron chi connectivity index (χ3n) is 1.44. The fourth-order valence-electron chi connectivity index (χ4n) is 0.678. The number of nitrogens with two attached hydrogens (primary N) is 1. The topological polar surface area (TPSA) is 72.5 Å². The first-order valence-corrected chi connectivity index (χ1v) is 3.86. The summed E-state index contributed by atoms with van der Waals surface area (Å²) >= 11 is 0. The van der Waals surface area contributed by atoms with Gasteiger partial charge >= 0.3 is 5.97 Å². The minimum absolute atomic E-state index is 0.0530. The summed E-state index contributed by atoms with van der Waals surface area (Å²) in [6.45, 7) is 3.60. The molecule has 0 atom stereocenters. The van der Waals surface area contributed by atoms with Crippen LogP contribution in [0.1, 0.15) is 20.3 Å². The summed E-state index contributed by atoms with van der Waals surface area (Å²) in [5.74, 6) is -0.413.